The highest BCUT2D eigenvalue weighted by molar-refractivity contribution is 7.99. The molecular formula is C11H19N3O2S. The van der Waals surface area contributed by atoms with Gasteiger partial charge in [0.25, 0.3) is 0 Å². The first-order chi connectivity index (χ1) is 8.27. The van der Waals surface area contributed by atoms with E-state index < -0.39 is 0 Å². The third-order valence-electron chi connectivity index (χ3n) is 2.99. The van der Waals surface area contributed by atoms with E-state index in [9.17, 15) is 0 Å². The van der Waals surface area contributed by atoms with E-state index in [2.05, 4.69) is 10.4 Å². The number of aryl methyl sites for hydroxylation is 1. The molecule has 5 nitrogen and oxygen atoms in total. The van der Waals surface area contributed by atoms with E-state index in [1.807, 2.05) is 30.5 Å². The van der Waals surface area contributed by atoms with Crippen LogP contribution < -0.4 is 10.1 Å². The summed E-state index contributed by atoms with van der Waals surface area (Å²) in [5, 5.41) is 7.55. The topological polar surface area (TPSA) is 48.3 Å². The lowest BCUT2D eigenvalue weighted by Crippen LogP contribution is -2.37. The van der Waals surface area contributed by atoms with Crippen molar-refractivity contribution in [3.63, 3.8) is 0 Å². The van der Waals surface area contributed by atoms with Crippen LogP contribution in [0, 0.1) is 0 Å². The van der Waals surface area contributed by atoms with Crippen molar-refractivity contribution >= 4 is 11.8 Å². The Morgan fingerprint density at radius 1 is 1.71 bits per heavy atom. The Morgan fingerprint density at radius 2 is 2.53 bits per heavy atom. The van der Waals surface area contributed by atoms with Gasteiger partial charge in [0, 0.05) is 18.6 Å². The maximum absolute atomic E-state index is 5.83. The van der Waals surface area contributed by atoms with Crippen molar-refractivity contribution < 1.29 is 9.47 Å². The lowest BCUT2D eigenvalue weighted by Gasteiger charge is -2.30. The summed E-state index contributed by atoms with van der Waals surface area (Å²) in [5.41, 5.74) is 1.04. The number of nitrogens with one attached hydrogen (secondary N) is 1. The molecule has 17 heavy (non-hydrogen) atoms. The Kier molecular flexibility index (Phi) is 4.31. The number of aromatic nitrogens is 2. The van der Waals surface area contributed by atoms with Crippen molar-refractivity contribution in [2.75, 3.05) is 32.3 Å². The summed E-state index contributed by atoms with van der Waals surface area (Å²) in [5.74, 6) is 2.89. The van der Waals surface area contributed by atoms with E-state index in [0.717, 1.165) is 29.6 Å². The number of rotatable bonds is 4. The van der Waals surface area contributed by atoms with Gasteiger partial charge in [0.1, 0.15) is 0 Å². The number of thioether (sulfide) groups is 1. The molecule has 1 aromatic rings. The molecule has 0 aliphatic carbocycles. The zero-order chi connectivity index (χ0) is 12.3. The molecule has 0 radical (unpaired) electrons. The SMILES string of the molecule is CNC(c1c(OC)cnn1C)C1CSCCO1. The van der Waals surface area contributed by atoms with Gasteiger partial charge in [-0.1, -0.05) is 0 Å². The minimum atomic E-state index is 0.116. The van der Waals surface area contributed by atoms with Crippen molar-refractivity contribution in [2.24, 2.45) is 7.05 Å². The van der Waals surface area contributed by atoms with Crippen LogP contribution in [0.25, 0.3) is 0 Å². The van der Waals surface area contributed by atoms with E-state index in [-0.39, 0.29) is 12.1 Å². The molecule has 1 N–H and O–H groups in total. The summed E-state index contributed by atoms with van der Waals surface area (Å²) in [6.45, 7) is 0.813. The second-order valence-corrected chi connectivity index (χ2v) is 5.12. The maximum atomic E-state index is 5.83. The standard InChI is InChI=1S/C11H19N3O2S/c1-12-10(9-7-17-5-4-16-9)11-8(15-3)6-13-14(11)2/h6,9-10,12H,4-5,7H2,1-3H3. The van der Waals surface area contributed by atoms with Crippen LogP contribution in [0.4, 0.5) is 0 Å². The average Bonchev–Trinajstić information content (AvgIpc) is 2.74. The molecule has 2 rings (SSSR count). The van der Waals surface area contributed by atoms with Crippen LogP contribution in [0.1, 0.15) is 11.7 Å². The van der Waals surface area contributed by atoms with Gasteiger partial charge in [0.15, 0.2) is 5.75 Å². The summed E-state index contributed by atoms with van der Waals surface area (Å²) in [4.78, 5) is 0. The second kappa shape index (κ2) is 5.75. The van der Waals surface area contributed by atoms with E-state index in [4.69, 9.17) is 9.47 Å². The minimum Gasteiger partial charge on any atom is -0.493 e. The Balaban J connectivity index is 2.23. The van der Waals surface area contributed by atoms with Crippen LogP contribution in [0.15, 0.2) is 6.20 Å². The Hall–Kier alpha value is -0.720. The van der Waals surface area contributed by atoms with Gasteiger partial charge in [-0.2, -0.15) is 16.9 Å². The first-order valence-corrected chi connectivity index (χ1v) is 6.86. The molecule has 2 heterocycles. The van der Waals surface area contributed by atoms with Gasteiger partial charge in [-0.3, -0.25) is 4.68 Å². The first-order valence-electron chi connectivity index (χ1n) is 5.70. The molecule has 0 aromatic carbocycles. The molecule has 1 aromatic heterocycles. The lowest BCUT2D eigenvalue weighted by molar-refractivity contribution is 0.0461. The van der Waals surface area contributed by atoms with Crippen LogP contribution in [0.2, 0.25) is 0 Å². The Labute approximate surface area is 106 Å². The summed E-state index contributed by atoms with van der Waals surface area (Å²) < 4.78 is 13.0. The predicted molar refractivity (Wildman–Crippen MR) is 68.6 cm³/mol. The molecule has 96 valence electrons. The van der Waals surface area contributed by atoms with Gasteiger partial charge in [-0.15, -0.1) is 0 Å². The molecule has 2 unspecified atom stereocenters. The maximum Gasteiger partial charge on any atom is 0.161 e. The second-order valence-electron chi connectivity index (χ2n) is 3.97. The molecule has 1 aliphatic heterocycles. The number of nitrogens with zero attached hydrogens (tertiary/aromatic N) is 2. The largest absolute Gasteiger partial charge is 0.493 e. The van der Waals surface area contributed by atoms with Crippen molar-refractivity contribution in [3.8, 4) is 5.75 Å². The van der Waals surface area contributed by atoms with E-state index >= 15 is 0 Å². The van der Waals surface area contributed by atoms with Crippen LogP contribution in [0.3, 0.4) is 0 Å². The highest BCUT2D eigenvalue weighted by Crippen LogP contribution is 2.30. The van der Waals surface area contributed by atoms with Crippen LogP contribution >= 0.6 is 11.8 Å². The summed E-state index contributed by atoms with van der Waals surface area (Å²) >= 11 is 1.93. The Morgan fingerprint density at radius 3 is 3.12 bits per heavy atom. The van der Waals surface area contributed by atoms with Crippen molar-refractivity contribution in [1.29, 1.82) is 0 Å². The number of hydrogen-bond donors (Lipinski definition) is 1. The molecule has 1 aliphatic rings. The quantitative estimate of drug-likeness (QED) is 0.865. The molecule has 2 atom stereocenters. The molecule has 0 amide bonds. The highest BCUT2D eigenvalue weighted by atomic mass is 32.2. The summed E-state index contributed by atoms with van der Waals surface area (Å²) in [6.07, 6.45) is 1.92. The molecule has 6 heteroatoms. The van der Waals surface area contributed by atoms with Crippen molar-refractivity contribution in [2.45, 2.75) is 12.1 Å². The molecule has 1 fully saturated rings. The predicted octanol–water partition coefficient (Wildman–Crippen LogP) is 0.821. The number of likely N-dealkylation sites (N-methyl/N-ethyl adjacent to an activating group) is 1. The molecular weight excluding hydrogens is 238 g/mol. The number of methoxy groups -OCH3 is 1. The fourth-order valence-electron chi connectivity index (χ4n) is 2.14. The fourth-order valence-corrected chi connectivity index (χ4v) is 3.04. The summed E-state index contributed by atoms with van der Waals surface area (Å²) in [7, 11) is 5.54. The van der Waals surface area contributed by atoms with Gasteiger partial charge >= 0.3 is 0 Å². The first kappa shape index (κ1) is 12.7. The van der Waals surface area contributed by atoms with Gasteiger partial charge in [0.05, 0.1) is 37.8 Å². The molecule has 0 saturated carbocycles. The van der Waals surface area contributed by atoms with Crippen LogP contribution in [-0.4, -0.2) is 48.2 Å². The number of ether oxygens (including phenoxy) is 2. The van der Waals surface area contributed by atoms with Gasteiger partial charge in [-0.25, -0.2) is 0 Å². The van der Waals surface area contributed by atoms with E-state index in [0.29, 0.717) is 0 Å². The molecule has 1 saturated heterocycles. The normalized spacial score (nSPS) is 22.4. The van der Waals surface area contributed by atoms with Crippen molar-refractivity contribution in [1.82, 2.24) is 15.1 Å². The van der Waals surface area contributed by atoms with E-state index in [1.165, 1.54) is 0 Å². The number of hydrogen-bond acceptors (Lipinski definition) is 5. The fraction of sp³-hybridized carbons (Fsp3) is 0.727. The highest BCUT2D eigenvalue weighted by Gasteiger charge is 2.29. The Bertz CT molecular complexity index is 364. The van der Waals surface area contributed by atoms with Crippen LogP contribution in [-0.2, 0) is 11.8 Å². The summed E-state index contributed by atoms with van der Waals surface area (Å²) in [6, 6.07) is 0.116. The van der Waals surface area contributed by atoms with Crippen LogP contribution in [0.5, 0.6) is 5.75 Å². The smallest absolute Gasteiger partial charge is 0.161 e. The van der Waals surface area contributed by atoms with Crippen molar-refractivity contribution in [3.05, 3.63) is 11.9 Å². The van der Waals surface area contributed by atoms with Gasteiger partial charge in [-0.05, 0) is 7.05 Å². The lowest BCUT2D eigenvalue weighted by atomic mass is 10.1. The van der Waals surface area contributed by atoms with Gasteiger partial charge in [0.2, 0.25) is 0 Å². The molecule has 0 bridgehead atoms. The zero-order valence-corrected chi connectivity index (χ0v) is 11.3. The van der Waals surface area contributed by atoms with Gasteiger partial charge < -0.3 is 14.8 Å². The van der Waals surface area contributed by atoms with E-state index in [1.54, 1.807) is 13.3 Å². The minimum absolute atomic E-state index is 0.116. The average molecular weight is 257 g/mol. The monoisotopic (exact) mass is 257 g/mol. The third kappa shape index (κ3) is 2.59. The molecule has 0 spiro atoms. The zero-order valence-electron chi connectivity index (χ0n) is 10.5. The third-order valence-corrected chi connectivity index (χ3v) is 4.01.